The van der Waals surface area contributed by atoms with Crippen LogP contribution >= 0.6 is 0 Å². The highest BCUT2D eigenvalue weighted by molar-refractivity contribution is 6.38. The number of carbonyl (C=O) groups excluding carboxylic acids is 9. The van der Waals surface area contributed by atoms with Gasteiger partial charge in [-0.05, 0) is 39.5 Å². The molecule has 0 aliphatic heterocycles. The van der Waals surface area contributed by atoms with Gasteiger partial charge in [0.1, 0.15) is 36.8 Å². The van der Waals surface area contributed by atoms with Crippen molar-refractivity contribution in [3.8, 4) is 0 Å². The summed E-state index contributed by atoms with van der Waals surface area (Å²) in [4.78, 5) is 124. The van der Waals surface area contributed by atoms with Crippen molar-refractivity contribution in [2.75, 3.05) is 6.61 Å². The molecular weight excluding hydrogens is 690 g/mol. The minimum Gasteiger partial charge on any atom is -0.481 e. The number of rotatable bonds is 24. The summed E-state index contributed by atoms with van der Waals surface area (Å²) in [6.45, 7) is 11.5. The summed E-state index contributed by atoms with van der Waals surface area (Å²) >= 11 is 0. The third-order valence-electron chi connectivity index (χ3n) is 7.57. The summed E-state index contributed by atoms with van der Waals surface area (Å²) < 4.78 is 4.79. The van der Waals surface area contributed by atoms with Crippen LogP contribution in [-0.4, -0.2) is 118 Å². The van der Waals surface area contributed by atoms with Crippen molar-refractivity contribution in [3.63, 3.8) is 0 Å². The highest BCUT2D eigenvalue weighted by Gasteiger charge is 2.34. The molecular formula is C32H51N7O13. The first-order valence-corrected chi connectivity index (χ1v) is 16.5. The van der Waals surface area contributed by atoms with Gasteiger partial charge >= 0.3 is 11.9 Å². The molecule has 0 aliphatic rings. The molecule has 20 nitrogen and oxygen atoms in total. The predicted octanol–water partition coefficient (Wildman–Crippen LogP) is -3.19. The Balaban J connectivity index is 5.58. The predicted molar refractivity (Wildman–Crippen MR) is 181 cm³/mol. The number of ketones is 1. The molecule has 52 heavy (non-hydrogen) atoms. The molecule has 0 aliphatic carbocycles. The van der Waals surface area contributed by atoms with E-state index in [0.29, 0.717) is 6.42 Å². The van der Waals surface area contributed by atoms with Crippen molar-refractivity contribution >= 4 is 59.1 Å². The van der Waals surface area contributed by atoms with E-state index in [4.69, 9.17) is 15.6 Å². The fourth-order valence-corrected chi connectivity index (χ4v) is 4.35. The van der Waals surface area contributed by atoms with Crippen LogP contribution in [0.1, 0.15) is 73.6 Å². The first kappa shape index (κ1) is 46.6. The SMILES string of the molecule is C=CCOC(=O)CC[C@H](NC(=O)[C@H](CCC(=O)O)NC(=O)C(=O)[C@H](C)NC(=O)[C@H](C)NC(=O)[C@@H](NC(=O)[C@@H](NC(C)=O)[C@@H](C)CC)[C@@H](C)O)C(N)=O. The fraction of sp³-hybridized carbons (Fsp3) is 0.625. The van der Waals surface area contributed by atoms with Crippen molar-refractivity contribution in [1.29, 1.82) is 0 Å². The third-order valence-corrected chi connectivity index (χ3v) is 7.57. The molecule has 0 saturated heterocycles. The van der Waals surface area contributed by atoms with E-state index in [1.807, 2.05) is 0 Å². The Morgan fingerprint density at radius 3 is 1.79 bits per heavy atom. The monoisotopic (exact) mass is 741 g/mol. The zero-order chi connectivity index (χ0) is 40.3. The Morgan fingerprint density at radius 2 is 1.29 bits per heavy atom. The number of aliphatic carboxylic acids is 1. The summed E-state index contributed by atoms with van der Waals surface area (Å²) in [6.07, 6.45) is -1.45. The molecule has 0 aromatic carbocycles. The van der Waals surface area contributed by atoms with Gasteiger partial charge in [-0.15, -0.1) is 0 Å². The number of Topliss-reactive ketones (excluding diaryl/α,β-unsaturated/α-hetero) is 1. The van der Waals surface area contributed by atoms with Gasteiger partial charge in [0.05, 0.1) is 12.1 Å². The lowest BCUT2D eigenvalue weighted by molar-refractivity contribution is -0.143. The van der Waals surface area contributed by atoms with E-state index in [1.165, 1.54) is 26.8 Å². The maximum atomic E-state index is 13.0. The van der Waals surface area contributed by atoms with Gasteiger partial charge in [-0.25, -0.2) is 0 Å². The zero-order valence-electron chi connectivity index (χ0n) is 30.1. The largest absolute Gasteiger partial charge is 0.481 e. The molecule has 0 saturated carbocycles. The molecule has 0 fully saturated rings. The molecule has 0 aromatic heterocycles. The summed E-state index contributed by atoms with van der Waals surface area (Å²) in [5, 5.41) is 32.9. The van der Waals surface area contributed by atoms with Crippen LogP contribution in [0.15, 0.2) is 12.7 Å². The Hall–Kier alpha value is -5.40. The molecule has 0 radical (unpaired) electrons. The number of amides is 7. The Bertz CT molecular complexity index is 1350. The van der Waals surface area contributed by atoms with Crippen LogP contribution in [-0.2, 0) is 52.7 Å². The van der Waals surface area contributed by atoms with Gasteiger partial charge in [-0.3, -0.25) is 47.9 Å². The van der Waals surface area contributed by atoms with Gasteiger partial charge in [0.25, 0.3) is 5.91 Å². The number of ether oxygens (including phenoxy) is 1. The Morgan fingerprint density at radius 1 is 0.731 bits per heavy atom. The lowest BCUT2D eigenvalue weighted by Gasteiger charge is -2.28. The van der Waals surface area contributed by atoms with Crippen LogP contribution in [0, 0.1) is 5.92 Å². The summed E-state index contributed by atoms with van der Waals surface area (Å²) in [5.74, 6) is -10.4. The quantitative estimate of drug-likeness (QED) is 0.0268. The van der Waals surface area contributed by atoms with Crippen molar-refractivity contribution < 1.29 is 62.9 Å². The number of carboxylic acid groups (broad SMARTS) is 1. The van der Waals surface area contributed by atoms with E-state index in [2.05, 4.69) is 38.5 Å². The van der Waals surface area contributed by atoms with Crippen molar-refractivity contribution in [2.24, 2.45) is 11.7 Å². The first-order valence-electron chi connectivity index (χ1n) is 16.5. The minimum absolute atomic E-state index is 0.0968. The number of nitrogens with two attached hydrogens (primary N) is 1. The number of primary amides is 1. The number of aliphatic hydroxyl groups is 1. The number of carbonyl (C=O) groups is 10. The molecule has 0 unspecified atom stereocenters. The van der Waals surface area contributed by atoms with Gasteiger partial charge in [-0.1, -0.05) is 32.9 Å². The first-order chi connectivity index (χ1) is 24.2. The van der Waals surface area contributed by atoms with Crippen LogP contribution < -0.4 is 37.6 Å². The number of esters is 1. The molecule has 0 rings (SSSR count). The molecule has 8 atom stereocenters. The van der Waals surface area contributed by atoms with E-state index in [1.54, 1.807) is 13.8 Å². The molecule has 10 N–H and O–H groups in total. The van der Waals surface area contributed by atoms with E-state index in [0.717, 1.165) is 6.92 Å². The Kier molecular flexibility index (Phi) is 20.7. The van der Waals surface area contributed by atoms with E-state index in [9.17, 15) is 53.1 Å². The summed E-state index contributed by atoms with van der Waals surface area (Å²) in [6, 6.07) is -8.59. The van der Waals surface area contributed by atoms with Crippen molar-refractivity contribution in [2.45, 2.75) is 116 Å². The minimum atomic E-state index is -1.67. The Labute approximate surface area is 300 Å². The summed E-state index contributed by atoms with van der Waals surface area (Å²) in [5.41, 5.74) is 5.31. The van der Waals surface area contributed by atoms with Crippen LogP contribution in [0.5, 0.6) is 0 Å². The van der Waals surface area contributed by atoms with Gasteiger partial charge in [0.2, 0.25) is 41.2 Å². The van der Waals surface area contributed by atoms with Gasteiger partial charge in [-0.2, -0.15) is 0 Å². The second kappa shape index (κ2) is 23.1. The van der Waals surface area contributed by atoms with Crippen molar-refractivity contribution in [1.82, 2.24) is 31.9 Å². The van der Waals surface area contributed by atoms with Crippen LogP contribution in [0.2, 0.25) is 0 Å². The van der Waals surface area contributed by atoms with Gasteiger partial charge < -0.3 is 52.6 Å². The van der Waals surface area contributed by atoms with E-state index >= 15 is 0 Å². The average molecular weight is 742 g/mol. The van der Waals surface area contributed by atoms with Crippen LogP contribution in [0.3, 0.4) is 0 Å². The molecule has 0 heterocycles. The van der Waals surface area contributed by atoms with E-state index < -0.39 is 114 Å². The van der Waals surface area contributed by atoms with Gasteiger partial charge in [0.15, 0.2) is 0 Å². The van der Waals surface area contributed by atoms with Gasteiger partial charge in [0, 0.05) is 19.8 Å². The molecule has 0 aromatic rings. The lowest BCUT2D eigenvalue weighted by Crippen LogP contribution is -2.60. The standard InChI is InChI=1S/C32H51N7O13/c1-8-14-52-23(44)13-11-20(27(33)46)37-29(48)21(10-12-22(42)43)38-32(51)26(45)16(4)34-28(47)17(5)35-31(50)25(18(6)40)39-30(49)24(15(3)9-2)36-19(7)41/h8,15-18,20-21,24-25,40H,1,9-14H2,2-7H3,(H2,33,46)(H,34,47)(H,35,50)(H,36,41)(H,37,48)(H,38,51)(H,39,49)(H,42,43)/t15-,16-,17-,18+,20-,21-,24-,25-/m0/s1. The normalized spacial score (nSPS) is 15.3. The zero-order valence-corrected chi connectivity index (χ0v) is 30.1. The lowest BCUT2D eigenvalue weighted by atomic mass is 9.97. The highest BCUT2D eigenvalue weighted by Crippen LogP contribution is 2.09. The van der Waals surface area contributed by atoms with E-state index in [-0.39, 0.29) is 25.4 Å². The molecule has 7 amide bonds. The second-order valence-corrected chi connectivity index (χ2v) is 12.0. The fourth-order valence-electron chi connectivity index (χ4n) is 4.35. The maximum absolute atomic E-state index is 13.0. The summed E-state index contributed by atoms with van der Waals surface area (Å²) in [7, 11) is 0. The number of carboxylic acids is 1. The maximum Gasteiger partial charge on any atom is 0.306 e. The van der Waals surface area contributed by atoms with Crippen molar-refractivity contribution in [3.05, 3.63) is 12.7 Å². The molecule has 0 bridgehead atoms. The molecule has 0 spiro atoms. The number of hydrogen-bond acceptors (Lipinski definition) is 12. The molecule has 292 valence electrons. The molecule has 20 heteroatoms. The number of nitrogens with one attached hydrogen (secondary N) is 6. The topological polar surface area (TPSA) is 319 Å². The van der Waals surface area contributed by atoms with Crippen LogP contribution in [0.25, 0.3) is 0 Å². The smallest absolute Gasteiger partial charge is 0.306 e. The second-order valence-electron chi connectivity index (χ2n) is 12.0. The van der Waals surface area contributed by atoms with Crippen LogP contribution in [0.4, 0.5) is 0 Å². The average Bonchev–Trinajstić information content (AvgIpc) is 3.06. The number of aliphatic hydroxyl groups excluding tert-OH is 1. The third kappa shape index (κ3) is 17.0. The number of hydrogen-bond donors (Lipinski definition) is 9. The highest BCUT2D eigenvalue weighted by atomic mass is 16.5.